The van der Waals surface area contributed by atoms with E-state index >= 15 is 0 Å². The molecule has 0 saturated carbocycles. The van der Waals surface area contributed by atoms with Gasteiger partial charge in [0, 0.05) is 44.1 Å². The van der Waals surface area contributed by atoms with Crippen molar-refractivity contribution in [2.45, 2.75) is 0 Å². The average molecular weight is 342 g/mol. The standard InChI is InChI=1S/C17H22N6O2/c1-22(2)13-3-4-15-14(11-13)16(19-6-9-25-10-8-24)21-17(20-15)23-7-5-18-12-23/h3-5,7,11-12,24H,6,8-10H2,1-2H3,(H,19,20,21). The number of hydrogen-bond donors (Lipinski definition) is 2. The number of ether oxygens (including phenoxy) is 1. The van der Waals surface area contributed by atoms with Crippen LogP contribution in [0.5, 0.6) is 0 Å². The Morgan fingerprint density at radius 1 is 1.24 bits per heavy atom. The summed E-state index contributed by atoms with van der Waals surface area (Å²) in [5.74, 6) is 1.30. The molecule has 2 aromatic heterocycles. The molecule has 0 unspecified atom stereocenters. The molecule has 0 fully saturated rings. The summed E-state index contributed by atoms with van der Waals surface area (Å²) in [4.78, 5) is 15.4. The first-order valence-corrected chi connectivity index (χ1v) is 8.09. The molecule has 0 aliphatic carbocycles. The Bertz CT molecular complexity index is 819. The smallest absolute Gasteiger partial charge is 0.237 e. The maximum atomic E-state index is 8.77. The molecule has 0 aliphatic heterocycles. The maximum Gasteiger partial charge on any atom is 0.237 e. The lowest BCUT2D eigenvalue weighted by Gasteiger charge is -2.15. The van der Waals surface area contributed by atoms with Gasteiger partial charge in [-0.05, 0) is 18.2 Å². The number of hydrogen-bond acceptors (Lipinski definition) is 7. The van der Waals surface area contributed by atoms with Crippen molar-refractivity contribution in [2.24, 2.45) is 0 Å². The van der Waals surface area contributed by atoms with Crippen LogP contribution in [0.2, 0.25) is 0 Å². The molecule has 8 heteroatoms. The number of benzene rings is 1. The van der Waals surface area contributed by atoms with Crippen LogP contribution in [-0.4, -0.2) is 65.1 Å². The fraction of sp³-hybridized carbons (Fsp3) is 0.353. The topological polar surface area (TPSA) is 88.3 Å². The molecule has 3 rings (SSSR count). The van der Waals surface area contributed by atoms with E-state index in [1.807, 2.05) is 37.3 Å². The van der Waals surface area contributed by atoms with E-state index in [0.717, 1.165) is 22.4 Å². The van der Waals surface area contributed by atoms with Gasteiger partial charge < -0.3 is 20.1 Å². The predicted molar refractivity (Wildman–Crippen MR) is 97.4 cm³/mol. The van der Waals surface area contributed by atoms with Gasteiger partial charge in [-0.2, -0.15) is 4.98 Å². The van der Waals surface area contributed by atoms with Gasteiger partial charge in [0.05, 0.1) is 25.3 Å². The molecule has 2 N–H and O–H groups in total. The summed E-state index contributed by atoms with van der Waals surface area (Å²) >= 11 is 0. The first kappa shape index (κ1) is 17.1. The summed E-state index contributed by atoms with van der Waals surface area (Å²) in [6, 6.07) is 6.07. The zero-order valence-electron chi connectivity index (χ0n) is 14.4. The molecular weight excluding hydrogens is 320 g/mol. The molecular formula is C17H22N6O2. The molecule has 0 bridgehead atoms. The second-order valence-electron chi connectivity index (χ2n) is 5.70. The average Bonchev–Trinajstić information content (AvgIpc) is 3.15. The molecule has 0 atom stereocenters. The van der Waals surface area contributed by atoms with E-state index in [1.54, 1.807) is 17.1 Å². The Hall–Kier alpha value is -2.71. The molecule has 0 radical (unpaired) electrons. The molecule has 0 aliphatic rings. The highest BCUT2D eigenvalue weighted by Crippen LogP contribution is 2.26. The van der Waals surface area contributed by atoms with E-state index in [9.17, 15) is 0 Å². The van der Waals surface area contributed by atoms with E-state index in [1.165, 1.54) is 0 Å². The third kappa shape index (κ3) is 4.04. The van der Waals surface area contributed by atoms with Gasteiger partial charge in [-0.15, -0.1) is 0 Å². The van der Waals surface area contributed by atoms with Crippen LogP contribution in [0.3, 0.4) is 0 Å². The first-order valence-electron chi connectivity index (χ1n) is 8.09. The van der Waals surface area contributed by atoms with Gasteiger partial charge in [0.2, 0.25) is 5.95 Å². The van der Waals surface area contributed by atoms with Crippen molar-refractivity contribution >= 4 is 22.4 Å². The lowest BCUT2D eigenvalue weighted by atomic mass is 10.2. The minimum absolute atomic E-state index is 0.0212. The fourth-order valence-corrected chi connectivity index (χ4v) is 2.42. The number of aliphatic hydroxyl groups is 1. The van der Waals surface area contributed by atoms with E-state index in [0.29, 0.717) is 25.7 Å². The largest absolute Gasteiger partial charge is 0.394 e. The summed E-state index contributed by atoms with van der Waals surface area (Å²) in [5.41, 5.74) is 1.93. The molecule has 2 heterocycles. The highest BCUT2D eigenvalue weighted by atomic mass is 16.5. The minimum Gasteiger partial charge on any atom is -0.394 e. The monoisotopic (exact) mass is 342 g/mol. The fourth-order valence-electron chi connectivity index (χ4n) is 2.42. The van der Waals surface area contributed by atoms with Gasteiger partial charge in [0.25, 0.3) is 0 Å². The van der Waals surface area contributed by atoms with Gasteiger partial charge >= 0.3 is 0 Å². The van der Waals surface area contributed by atoms with Crippen LogP contribution in [0.25, 0.3) is 16.9 Å². The van der Waals surface area contributed by atoms with E-state index in [2.05, 4.69) is 26.3 Å². The minimum atomic E-state index is 0.0212. The zero-order chi connectivity index (χ0) is 17.6. The highest BCUT2D eigenvalue weighted by Gasteiger charge is 2.10. The lowest BCUT2D eigenvalue weighted by molar-refractivity contribution is 0.0992. The van der Waals surface area contributed by atoms with Crippen LogP contribution in [-0.2, 0) is 4.74 Å². The third-order valence-electron chi connectivity index (χ3n) is 3.69. The molecule has 3 aromatic rings. The van der Waals surface area contributed by atoms with Gasteiger partial charge in [0.1, 0.15) is 12.1 Å². The molecule has 132 valence electrons. The summed E-state index contributed by atoms with van der Waals surface area (Å²) in [6.45, 7) is 1.42. The highest BCUT2D eigenvalue weighted by molar-refractivity contribution is 5.92. The number of nitrogens with one attached hydrogen (secondary N) is 1. The molecule has 0 amide bonds. The molecule has 0 spiro atoms. The first-order chi connectivity index (χ1) is 12.2. The number of anilines is 2. The second-order valence-corrected chi connectivity index (χ2v) is 5.70. The second kappa shape index (κ2) is 7.91. The SMILES string of the molecule is CN(C)c1ccc2nc(-n3ccnc3)nc(NCCOCCO)c2c1. The van der Waals surface area contributed by atoms with Gasteiger partial charge in [-0.1, -0.05) is 0 Å². The molecule has 1 aromatic carbocycles. The number of fused-ring (bicyclic) bond motifs is 1. The summed E-state index contributed by atoms with van der Waals surface area (Å²) < 4.78 is 7.07. The van der Waals surface area contributed by atoms with Crippen LogP contribution >= 0.6 is 0 Å². The van der Waals surface area contributed by atoms with E-state index in [4.69, 9.17) is 9.84 Å². The number of rotatable bonds is 8. The van der Waals surface area contributed by atoms with Gasteiger partial charge in [-0.25, -0.2) is 9.97 Å². The van der Waals surface area contributed by atoms with Crippen LogP contribution in [0.1, 0.15) is 0 Å². The van der Waals surface area contributed by atoms with Crippen molar-refractivity contribution in [3.05, 3.63) is 36.9 Å². The van der Waals surface area contributed by atoms with Crippen LogP contribution in [0, 0.1) is 0 Å². The van der Waals surface area contributed by atoms with Crippen molar-refractivity contribution in [3.63, 3.8) is 0 Å². The summed E-state index contributed by atoms with van der Waals surface area (Å²) in [6.07, 6.45) is 5.17. The Morgan fingerprint density at radius 3 is 2.84 bits per heavy atom. The zero-order valence-corrected chi connectivity index (χ0v) is 14.4. The summed E-state index contributed by atoms with van der Waals surface area (Å²) in [5, 5.41) is 13.0. The van der Waals surface area contributed by atoms with Crippen molar-refractivity contribution in [1.82, 2.24) is 19.5 Å². The normalized spacial score (nSPS) is 11.0. The molecule has 0 saturated heterocycles. The predicted octanol–water partition coefficient (Wildman–Crippen LogP) is 1.30. The third-order valence-corrected chi connectivity index (χ3v) is 3.69. The lowest BCUT2D eigenvalue weighted by Crippen LogP contribution is -2.14. The molecule has 8 nitrogen and oxygen atoms in total. The number of imidazole rings is 1. The van der Waals surface area contributed by atoms with Crippen LogP contribution in [0.15, 0.2) is 36.9 Å². The van der Waals surface area contributed by atoms with Gasteiger partial charge in [0.15, 0.2) is 0 Å². The van der Waals surface area contributed by atoms with Crippen molar-refractivity contribution in [2.75, 3.05) is 50.7 Å². The quantitative estimate of drug-likeness (QED) is 0.597. The number of aliphatic hydroxyl groups excluding tert-OH is 1. The number of nitrogens with zero attached hydrogens (tertiary/aromatic N) is 5. The Morgan fingerprint density at radius 2 is 2.12 bits per heavy atom. The van der Waals surface area contributed by atoms with Gasteiger partial charge in [-0.3, -0.25) is 4.57 Å². The Kier molecular flexibility index (Phi) is 5.42. The van der Waals surface area contributed by atoms with Crippen molar-refractivity contribution in [3.8, 4) is 5.95 Å². The van der Waals surface area contributed by atoms with E-state index < -0.39 is 0 Å². The van der Waals surface area contributed by atoms with Crippen molar-refractivity contribution in [1.29, 1.82) is 0 Å². The van der Waals surface area contributed by atoms with Crippen LogP contribution < -0.4 is 10.2 Å². The van der Waals surface area contributed by atoms with E-state index in [-0.39, 0.29) is 6.61 Å². The Balaban J connectivity index is 1.95. The Labute approximate surface area is 146 Å². The van der Waals surface area contributed by atoms with Crippen molar-refractivity contribution < 1.29 is 9.84 Å². The number of aromatic nitrogens is 4. The van der Waals surface area contributed by atoms with Crippen LogP contribution in [0.4, 0.5) is 11.5 Å². The summed E-state index contributed by atoms with van der Waals surface area (Å²) in [7, 11) is 4.00. The maximum absolute atomic E-state index is 8.77. The molecule has 25 heavy (non-hydrogen) atoms.